The molecule has 1 saturated heterocycles. The van der Waals surface area contributed by atoms with Gasteiger partial charge in [-0.1, -0.05) is 13.8 Å². The third-order valence-electron chi connectivity index (χ3n) is 3.45. The lowest BCUT2D eigenvalue weighted by Gasteiger charge is -2.31. The largest absolute Gasteiger partial charge is 0.432 e. The molecule has 1 N–H and O–H groups in total. The Hall–Kier alpha value is -1.07. The maximum atomic E-state index is 5.71. The van der Waals surface area contributed by atoms with Crippen LogP contribution in [-0.2, 0) is 11.3 Å². The van der Waals surface area contributed by atoms with Crippen molar-refractivity contribution in [3.63, 3.8) is 0 Å². The van der Waals surface area contributed by atoms with Crippen LogP contribution < -0.4 is 10.2 Å². The fraction of sp³-hybridized carbons (Fsp3) is 0.800. The molecule has 0 aromatic carbocycles. The van der Waals surface area contributed by atoms with E-state index < -0.39 is 0 Å². The number of oxazole rings is 1. The summed E-state index contributed by atoms with van der Waals surface area (Å²) in [5, 5.41) is 3.38. The van der Waals surface area contributed by atoms with Gasteiger partial charge in [0.05, 0.1) is 11.8 Å². The standard InChI is InChI=1S/C15H27N3O2/c1-4-19-14-6-5-7-18(10-14)15-17-13(11-20-15)9-16-8-12(2)3/h11-12,14,16H,4-10H2,1-3H3. The van der Waals surface area contributed by atoms with Gasteiger partial charge in [-0.05, 0) is 32.2 Å². The van der Waals surface area contributed by atoms with Gasteiger partial charge in [0.2, 0.25) is 0 Å². The van der Waals surface area contributed by atoms with E-state index in [4.69, 9.17) is 9.15 Å². The Balaban J connectivity index is 1.84. The van der Waals surface area contributed by atoms with E-state index in [1.54, 1.807) is 6.26 Å². The van der Waals surface area contributed by atoms with Gasteiger partial charge in [0.25, 0.3) is 6.01 Å². The number of hydrogen-bond acceptors (Lipinski definition) is 5. The van der Waals surface area contributed by atoms with Crippen LogP contribution in [0.25, 0.3) is 0 Å². The topological polar surface area (TPSA) is 50.5 Å². The summed E-state index contributed by atoms with van der Waals surface area (Å²) in [4.78, 5) is 6.76. The molecule has 0 amide bonds. The summed E-state index contributed by atoms with van der Waals surface area (Å²) < 4.78 is 11.3. The molecule has 0 bridgehead atoms. The van der Waals surface area contributed by atoms with Gasteiger partial charge in [0.1, 0.15) is 6.26 Å². The summed E-state index contributed by atoms with van der Waals surface area (Å²) in [5.74, 6) is 0.649. The van der Waals surface area contributed by atoms with Gasteiger partial charge in [0.15, 0.2) is 0 Å². The predicted octanol–water partition coefficient (Wildman–Crippen LogP) is 2.43. The van der Waals surface area contributed by atoms with Gasteiger partial charge in [0, 0.05) is 26.2 Å². The lowest BCUT2D eigenvalue weighted by atomic mass is 10.1. The molecule has 5 nitrogen and oxygen atoms in total. The molecular formula is C15H27N3O2. The number of anilines is 1. The number of ether oxygens (including phenoxy) is 1. The van der Waals surface area contributed by atoms with E-state index in [1.807, 2.05) is 6.92 Å². The molecule has 5 heteroatoms. The Bertz CT molecular complexity index is 390. The molecule has 1 aliphatic heterocycles. The fourth-order valence-electron chi connectivity index (χ4n) is 2.50. The lowest BCUT2D eigenvalue weighted by Crippen LogP contribution is -2.39. The third-order valence-corrected chi connectivity index (χ3v) is 3.45. The highest BCUT2D eigenvalue weighted by molar-refractivity contribution is 5.28. The van der Waals surface area contributed by atoms with E-state index in [2.05, 4.69) is 29.0 Å². The Labute approximate surface area is 121 Å². The minimum atomic E-state index is 0.308. The van der Waals surface area contributed by atoms with Gasteiger partial charge in [-0.25, -0.2) is 0 Å². The maximum absolute atomic E-state index is 5.71. The number of rotatable bonds is 7. The molecule has 1 unspecified atom stereocenters. The van der Waals surface area contributed by atoms with Crippen LogP contribution in [-0.4, -0.2) is 37.3 Å². The van der Waals surface area contributed by atoms with Crippen LogP contribution in [0.4, 0.5) is 6.01 Å². The second-order valence-electron chi connectivity index (χ2n) is 5.81. The molecule has 1 aromatic heterocycles. The summed E-state index contributed by atoms with van der Waals surface area (Å²) in [6.07, 6.45) is 4.33. The molecule has 0 spiro atoms. The SMILES string of the molecule is CCOC1CCCN(c2nc(CNCC(C)C)co2)C1. The Morgan fingerprint density at radius 2 is 2.40 bits per heavy atom. The monoisotopic (exact) mass is 281 g/mol. The number of nitrogens with zero attached hydrogens (tertiary/aromatic N) is 2. The lowest BCUT2D eigenvalue weighted by molar-refractivity contribution is 0.0516. The molecule has 2 heterocycles. The Kier molecular flexibility index (Phi) is 5.86. The minimum absolute atomic E-state index is 0.308. The van der Waals surface area contributed by atoms with Gasteiger partial charge >= 0.3 is 0 Å². The quantitative estimate of drug-likeness (QED) is 0.832. The van der Waals surface area contributed by atoms with Crippen molar-refractivity contribution in [1.29, 1.82) is 0 Å². The fourth-order valence-corrected chi connectivity index (χ4v) is 2.50. The Morgan fingerprint density at radius 3 is 3.15 bits per heavy atom. The van der Waals surface area contributed by atoms with E-state index in [-0.39, 0.29) is 0 Å². The molecule has 20 heavy (non-hydrogen) atoms. The van der Waals surface area contributed by atoms with Crippen LogP contribution in [0, 0.1) is 5.92 Å². The molecule has 0 saturated carbocycles. The predicted molar refractivity (Wildman–Crippen MR) is 79.9 cm³/mol. The highest BCUT2D eigenvalue weighted by Crippen LogP contribution is 2.20. The van der Waals surface area contributed by atoms with E-state index in [0.29, 0.717) is 12.0 Å². The molecule has 2 rings (SSSR count). The zero-order chi connectivity index (χ0) is 14.4. The zero-order valence-corrected chi connectivity index (χ0v) is 12.9. The molecule has 0 radical (unpaired) electrons. The minimum Gasteiger partial charge on any atom is -0.432 e. The van der Waals surface area contributed by atoms with E-state index >= 15 is 0 Å². The first-order valence-corrected chi connectivity index (χ1v) is 7.70. The van der Waals surface area contributed by atoms with Crippen LogP contribution in [0.3, 0.4) is 0 Å². The van der Waals surface area contributed by atoms with E-state index in [0.717, 1.165) is 57.3 Å². The zero-order valence-electron chi connectivity index (χ0n) is 12.9. The molecular weight excluding hydrogens is 254 g/mol. The van der Waals surface area contributed by atoms with Crippen LogP contribution in [0.1, 0.15) is 39.3 Å². The average molecular weight is 281 g/mol. The van der Waals surface area contributed by atoms with E-state index in [9.17, 15) is 0 Å². The average Bonchev–Trinajstić information content (AvgIpc) is 2.88. The molecule has 1 aromatic rings. The van der Waals surface area contributed by atoms with Crippen LogP contribution in [0.15, 0.2) is 10.7 Å². The first kappa shape index (κ1) is 15.3. The molecule has 0 aliphatic carbocycles. The number of aromatic nitrogens is 1. The van der Waals surface area contributed by atoms with Crippen molar-refractivity contribution < 1.29 is 9.15 Å². The number of piperidine rings is 1. The van der Waals surface area contributed by atoms with Gasteiger partial charge in [-0.15, -0.1) is 0 Å². The molecule has 1 aliphatic rings. The first-order chi connectivity index (χ1) is 9.69. The van der Waals surface area contributed by atoms with Crippen molar-refractivity contribution in [3.8, 4) is 0 Å². The smallest absolute Gasteiger partial charge is 0.297 e. The van der Waals surface area contributed by atoms with Crippen LogP contribution in [0.5, 0.6) is 0 Å². The summed E-state index contributed by atoms with van der Waals surface area (Å²) in [6.45, 7) is 10.9. The third kappa shape index (κ3) is 4.49. The van der Waals surface area contributed by atoms with Gasteiger partial charge < -0.3 is 19.4 Å². The van der Waals surface area contributed by atoms with Crippen molar-refractivity contribution in [2.24, 2.45) is 5.92 Å². The summed E-state index contributed by atoms with van der Waals surface area (Å²) >= 11 is 0. The second kappa shape index (κ2) is 7.64. The number of nitrogens with one attached hydrogen (secondary N) is 1. The van der Waals surface area contributed by atoms with Crippen molar-refractivity contribution in [1.82, 2.24) is 10.3 Å². The van der Waals surface area contributed by atoms with Crippen LogP contribution >= 0.6 is 0 Å². The number of hydrogen-bond donors (Lipinski definition) is 1. The first-order valence-electron chi connectivity index (χ1n) is 7.70. The molecule has 1 fully saturated rings. The van der Waals surface area contributed by atoms with Crippen molar-refractivity contribution >= 4 is 6.01 Å². The molecule has 114 valence electrons. The second-order valence-corrected chi connectivity index (χ2v) is 5.81. The maximum Gasteiger partial charge on any atom is 0.297 e. The summed E-state index contributed by atoms with van der Waals surface area (Å²) in [5.41, 5.74) is 0.971. The van der Waals surface area contributed by atoms with Crippen LogP contribution in [0.2, 0.25) is 0 Å². The molecule has 1 atom stereocenters. The highest BCUT2D eigenvalue weighted by Gasteiger charge is 2.23. The summed E-state index contributed by atoms with van der Waals surface area (Å²) in [6, 6.07) is 0.732. The normalized spacial score (nSPS) is 19.8. The Morgan fingerprint density at radius 1 is 1.55 bits per heavy atom. The van der Waals surface area contributed by atoms with E-state index in [1.165, 1.54) is 0 Å². The van der Waals surface area contributed by atoms with Crippen molar-refractivity contribution in [2.45, 2.75) is 46.3 Å². The van der Waals surface area contributed by atoms with Crippen molar-refractivity contribution in [2.75, 3.05) is 31.1 Å². The highest BCUT2D eigenvalue weighted by atomic mass is 16.5. The van der Waals surface area contributed by atoms with Crippen molar-refractivity contribution in [3.05, 3.63) is 12.0 Å². The van der Waals surface area contributed by atoms with Gasteiger partial charge in [-0.2, -0.15) is 4.98 Å². The van der Waals surface area contributed by atoms with Gasteiger partial charge in [-0.3, -0.25) is 0 Å². The summed E-state index contributed by atoms with van der Waals surface area (Å²) in [7, 11) is 0.